The lowest BCUT2D eigenvalue weighted by Gasteiger charge is -2.00. The molecule has 0 radical (unpaired) electrons. The number of hydrogen-bond acceptors (Lipinski definition) is 2. The van der Waals surface area contributed by atoms with E-state index >= 15 is 0 Å². The van der Waals surface area contributed by atoms with E-state index in [4.69, 9.17) is 0 Å². The average molecular weight is 144 g/mol. The van der Waals surface area contributed by atoms with Gasteiger partial charge in [-0.05, 0) is 6.42 Å². The zero-order chi connectivity index (χ0) is 7.98. The van der Waals surface area contributed by atoms with Gasteiger partial charge in [-0.15, -0.1) is 0 Å². The Kier molecular flexibility index (Phi) is 4.94. The van der Waals surface area contributed by atoms with Crippen molar-refractivity contribution in [2.45, 2.75) is 39.7 Å². The molecule has 0 aromatic carbocycles. The van der Waals surface area contributed by atoms with Gasteiger partial charge in [0, 0.05) is 12.5 Å². The first kappa shape index (κ1) is 9.43. The van der Waals surface area contributed by atoms with Crippen molar-refractivity contribution < 1.29 is 4.79 Å². The summed E-state index contributed by atoms with van der Waals surface area (Å²) in [5, 5.41) is 0. The molecule has 3 heteroatoms. The molecule has 0 aromatic heterocycles. The van der Waals surface area contributed by atoms with E-state index in [9.17, 15) is 4.79 Å². The highest BCUT2D eigenvalue weighted by atomic mass is 16.2. The van der Waals surface area contributed by atoms with Gasteiger partial charge in [-0.25, -0.2) is 5.43 Å². The minimum atomic E-state index is 0.108. The third kappa shape index (κ3) is 2.82. The van der Waals surface area contributed by atoms with Gasteiger partial charge in [-0.1, -0.05) is 20.8 Å². The monoisotopic (exact) mass is 144 g/mol. The van der Waals surface area contributed by atoms with Crippen LogP contribution < -0.4 is 10.9 Å². The van der Waals surface area contributed by atoms with Crippen LogP contribution in [-0.4, -0.2) is 11.9 Å². The van der Waals surface area contributed by atoms with Crippen molar-refractivity contribution in [3.63, 3.8) is 0 Å². The second-order valence-electron chi connectivity index (χ2n) is 2.00. The SMILES string of the molecule is CC.CCC1CC(=O)NN1. The molecule has 0 saturated carbocycles. The molecule has 0 bridgehead atoms. The van der Waals surface area contributed by atoms with E-state index in [0.29, 0.717) is 12.5 Å². The van der Waals surface area contributed by atoms with Crippen molar-refractivity contribution in [2.75, 3.05) is 0 Å². The quantitative estimate of drug-likeness (QED) is 0.572. The maximum atomic E-state index is 10.4. The first-order valence-electron chi connectivity index (χ1n) is 3.87. The van der Waals surface area contributed by atoms with Crippen LogP contribution in [0.4, 0.5) is 0 Å². The van der Waals surface area contributed by atoms with Gasteiger partial charge >= 0.3 is 0 Å². The molecule has 1 amide bonds. The van der Waals surface area contributed by atoms with Crippen molar-refractivity contribution >= 4 is 5.91 Å². The molecule has 0 aliphatic carbocycles. The Labute approximate surface area is 62.2 Å². The fourth-order valence-electron chi connectivity index (χ4n) is 0.755. The Bertz CT molecular complexity index is 104. The molecule has 1 atom stereocenters. The summed E-state index contributed by atoms with van der Waals surface area (Å²) in [4.78, 5) is 10.4. The number of amides is 1. The molecule has 3 nitrogen and oxygen atoms in total. The van der Waals surface area contributed by atoms with Crippen molar-refractivity contribution in [1.29, 1.82) is 0 Å². The van der Waals surface area contributed by atoms with Crippen LogP contribution in [0.15, 0.2) is 0 Å². The summed E-state index contributed by atoms with van der Waals surface area (Å²) < 4.78 is 0. The van der Waals surface area contributed by atoms with Crippen LogP contribution in [-0.2, 0) is 4.79 Å². The molecular formula is C7H16N2O. The molecule has 10 heavy (non-hydrogen) atoms. The Morgan fingerprint density at radius 2 is 2.20 bits per heavy atom. The molecule has 0 aromatic rings. The van der Waals surface area contributed by atoms with Crippen LogP contribution in [0.2, 0.25) is 0 Å². The lowest BCUT2D eigenvalue weighted by atomic mass is 10.2. The van der Waals surface area contributed by atoms with Gasteiger partial charge in [0.1, 0.15) is 0 Å². The van der Waals surface area contributed by atoms with E-state index in [1.54, 1.807) is 0 Å². The van der Waals surface area contributed by atoms with Gasteiger partial charge in [-0.3, -0.25) is 10.2 Å². The van der Waals surface area contributed by atoms with Crippen molar-refractivity contribution in [2.24, 2.45) is 0 Å². The predicted octanol–water partition coefficient (Wildman–Crippen LogP) is 0.816. The van der Waals surface area contributed by atoms with Crippen LogP contribution >= 0.6 is 0 Å². The van der Waals surface area contributed by atoms with E-state index in [0.717, 1.165) is 6.42 Å². The summed E-state index contributed by atoms with van der Waals surface area (Å²) in [5.74, 6) is 0.108. The minimum Gasteiger partial charge on any atom is -0.291 e. The number of hydrogen-bond donors (Lipinski definition) is 2. The smallest absolute Gasteiger partial charge is 0.235 e. The minimum absolute atomic E-state index is 0.108. The first-order valence-corrected chi connectivity index (χ1v) is 3.87. The summed E-state index contributed by atoms with van der Waals surface area (Å²) in [6.45, 7) is 6.05. The number of nitrogens with one attached hydrogen (secondary N) is 2. The van der Waals surface area contributed by atoms with E-state index in [1.165, 1.54) is 0 Å². The second-order valence-corrected chi connectivity index (χ2v) is 2.00. The molecule has 60 valence electrons. The van der Waals surface area contributed by atoms with Gasteiger partial charge in [0.15, 0.2) is 0 Å². The molecule has 1 aliphatic heterocycles. The average Bonchev–Trinajstić information content (AvgIpc) is 2.40. The summed E-state index contributed by atoms with van der Waals surface area (Å²) >= 11 is 0. The van der Waals surface area contributed by atoms with Gasteiger partial charge in [0.05, 0.1) is 0 Å². The van der Waals surface area contributed by atoms with Gasteiger partial charge in [0.2, 0.25) is 5.91 Å². The third-order valence-corrected chi connectivity index (χ3v) is 1.34. The fraction of sp³-hybridized carbons (Fsp3) is 0.857. The molecule has 1 rings (SSSR count). The van der Waals surface area contributed by atoms with Crippen molar-refractivity contribution in [1.82, 2.24) is 10.9 Å². The maximum absolute atomic E-state index is 10.4. The normalized spacial score (nSPS) is 23.1. The predicted molar refractivity (Wildman–Crippen MR) is 41.3 cm³/mol. The lowest BCUT2D eigenvalue weighted by Crippen LogP contribution is -2.30. The molecular weight excluding hydrogens is 128 g/mol. The van der Waals surface area contributed by atoms with E-state index in [1.807, 2.05) is 13.8 Å². The highest BCUT2D eigenvalue weighted by Gasteiger charge is 2.17. The van der Waals surface area contributed by atoms with Gasteiger partial charge in [0.25, 0.3) is 0 Å². The number of carbonyl (C=O) groups is 1. The summed E-state index contributed by atoms with van der Waals surface area (Å²) in [5.41, 5.74) is 5.39. The summed E-state index contributed by atoms with van der Waals surface area (Å²) in [7, 11) is 0. The Morgan fingerprint density at radius 3 is 2.40 bits per heavy atom. The van der Waals surface area contributed by atoms with E-state index in [-0.39, 0.29) is 5.91 Å². The van der Waals surface area contributed by atoms with Gasteiger partial charge < -0.3 is 0 Å². The Morgan fingerprint density at radius 1 is 1.60 bits per heavy atom. The number of carbonyl (C=O) groups excluding carboxylic acids is 1. The standard InChI is InChI=1S/C5H10N2O.C2H6/c1-2-4-3-5(8)7-6-4;1-2/h4,6H,2-3H2,1H3,(H,7,8);1-2H3. The Balaban J connectivity index is 0.000000371. The molecule has 1 heterocycles. The molecule has 0 spiro atoms. The van der Waals surface area contributed by atoms with Crippen molar-refractivity contribution in [3.8, 4) is 0 Å². The highest BCUT2D eigenvalue weighted by Crippen LogP contribution is 2.00. The number of hydrazine groups is 1. The van der Waals surface area contributed by atoms with Crippen LogP contribution in [0.1, 0.15) is 33.6 Å². The molecule has 2 N–H and O–H groups in total. The summed E-state index contributed by atoms with van der Waals surface area (Å²) in [6.07, 6.45) is 1.65. The first-order chi connectivity index (χ1) is 4.83. The third-order valence-electron chi connectivity index (χ3n) is 1.34. The number of rotatable bonds is 1. The van der Waals surface area contributed by atoms with E-state index in [2.05, 4.69) is 17.8 Å². The molecule has 1 unspecified atom stereocenters. The lowest BCUT2D eigenvalue weighted by molar-refractivity contribution is -0.119. The Hall–Kier alpha value is -0.570. The molecule has 1 aliphatic rings. The van der Waals surface area contributed by atoms with Crippen LogP contribution in [0.5, 0.6) is 0 Å². The second kappa shape index (κ2) is 5.23. The molecule has 1 fully saturated rings. The maximum Gasteiger partial charge on any atom is 0.235 e. The van der Waals surface area contributed by atoms with Crippen LogP contribution in [0.3, 0.4) is 0 Å². The van der Waals surface area contributed by atoms with Crippen LogP contribution in [0.25, 0.3) is 0 Å². The van der Waals surface area contributed by atoms with Crippen LogP contribution in [0, 0.1) is 0 Å². The zero-order valence-electron chi connectivity index (χ0n) is 6.90. The largest absolute Gasteiger partial charge is 0.291 e. The summed E-state index contributed by atoms with van der Waals surface area (Å²) in [6, 6.07) is 0.363. The van der Waals surface area contributed by atoms with E-state index < -0.39 is 0 Å². The highest BCUT2D eigenvalue weighted by molar-refractivity contribution is 5.77. The zero-order valence-corrected chi connectivity index (χ0v) is 6.90. The van der Waals surface area contributed by atoms with Crippen molar-refractivity contribution in [3.05, 3.63) is 0 Å². The topological polar surface area (TPSA) is 41.1 Å². The van der Waals surface area contributed by atoms with Gasteiger partial charge in [-0.2, -0.15) is 0 Å². The molecule has 1 saturated heterocycles. The fourth-order valence-corrected chi connectivity index (χ4v) is 0.755.